The Bertz CT molecular complexity index is 930. The lowest BCUT2D eigenvalue weighted by Gasteiger charge is -2.09. The van der Waals surface area contributed by atoms with Gasteiger partial charge in [0.1, 0.15) is 12.4 Å². The summed E-state index contributed by atoms with van der Waals surface area (Å²) in [7, 11) is 0. The van der Waals surface area contributed by atoms with Crippen molar-refractivity contribution in [3.05, 3.63) is 64.4 Å². The maximum absolute atomic E-state index is 12.2. The number of aromatic nitrogens is 3. The first-order valence-corrected chi connectivity index (χ1v) is 10.3. The lowest BCUT2D eigenvalue weighted by Crippen LogP contribution is -2.14. The molecule has 0 bridgehead atoms. The van der Waals surface area contributed by atoms with Gasteiger partial charge in [0.05, 0.1) is 5.75 Å². The number of thioether (sulfide) groups is 1. The minimum atomic E-state index is -0.128. The number of nitrogens with zero attached hydrogens (tertiary/aromatic N) is 3. The second-order valence-electron chi connectivity index (χ2n) is 5.73. The summed E-state index contributed by atoms with van der Waals surface area (Å²) in [5, 5.41) is 13.1. The van der Waals surface area contributed by atoms with E-state index in [-0.39, 0.29) is 18.3 Å². The van der Waals surface area contributed by atoms with Gasteiger partial charge in [0.2, 0.25) is 5.91 Å². The zero-order valence-electron chi connectivity index (χ0n) is 15.1. The summed E-state index contributed by atoms with van der Waals surface area (Å²) in [6.45, 7) is 2.94. The summed E-state index contributed by atoms with van der Waals surface area (Å²) in [6.07, 6.45) is 0. The number of ether oxygens (including phenoxy) is 1. The van der Waals surface area contributed by atoms with Crippen LogP contribution in [0.1, 0.15) is 12.7 Å². The van der Waals surface area contributed by atoms with Gasteiger partial charge in [0.25, 0.3) is 0 Å². The van der Waals surface area contributed by atoms with Crippen LogP contribution in [-0.2, 0) is 17.9 Å². The molecule has 0 aliphatic rings. The number of halogens is 2. The van der Waals surface area contributed by atoms with Gasteiger partial charge in [-0.2, -0.15) is 0 Å². The van der Waals surface area contributed by atoms with Crippen molar-refractivity contribution in [2.45, 2.75) is 25.2 Å². The minimum Gasteiger partial charge on any atom is -0.486 e. The number of rotatable bonds is 8. The van der Waals surface area contributed by atoms with E-state index < -0.39 is 0 Å². The Morgan fingerprint density at radius 1 is 1.07 bits per heavy atom. The Labute approximate surface area is 177 Å². The van der Waals surface area contributed by atoms with E-state index in [2.05, 4.69) is 15.5 Å². The predicted molar refractivity (Wildman–Crippen MR) is 112 cm³/mol. The van der Waals surface area contributed by atoms with Gasteiger partial charge in [-0.3, -0.25) is 4.79 Å². The lowest BCUT2D eigenvalue weighted by atomic mass is 10.3. The molecule has 2 aromatic carbocycles. The highest BCUT2D eigenvalue weighted by atomic mass is 35.5. The first-order chi connectivity index (χ1) is 13.5. The van der Waals surface area contributed by atoms with Gasteiger partial charge in [-0.1, -0.05) is 35.0 Å². The molecule has 1 aromatic heterocycles. The molecule has 3 aromatic rings. The normalized spacial score (nSPS) is 10.7. The molecular weight excluding hydrogens is 419 g/mol. The van der Waals surface area contributed by atoms with Crippen molar-refractivity contribution < 1.29 is 9.53 Å². The van der Waals surface area contributed by atoms with Crippen LogP contribution in [0.15, 0.2) is 53.7 Å². The van der Waals surface area contributed by atoms with Crippen LogP contribution >= 0.6 is 35.0 Å². The number of anilines is 1. The molecule has 0 aliphatic carbocycles. The topological polar surface area (TPSA) is 69.0 Å². The van der Waals surface area contributed by atoms with Crippen LogP contribution in [-0.4, -0.2) is 26.4 Å². The van der Waals surface area contributed by atoms with Crippen molar-refractivity contribution in [2.24, 2.45) is 0 Å². The number of nitrogens with one attached hydrogen (secondary N) is 1. The monoisotopic (exact) mass is 436 g/mol. The maximum Gasteiger partial charge on any atom is 0.234 e. The largest absolute Gasteiger partial charge is 0.486 e. The third kappa shape index (κ3) is 5.64. The summed E-state index contributed by atoms with van der Waals surface area (Å²) in [6, 6.07) is 14.1. The summed E-state index contributed by atoms with van der Waals surface area (Å²) >= 11 is 13.0. The highest BCUT2D eigenvalue weighted by Gasteiger charge is 2.14. The fourth-order valence-corrected chi connectivity index (χ4v) is 3.46. The van der Waals surface area contributed by atoms with Gasteiger partial charge in [0, 0.05) is 22.3 Å². The maximum atomic E-state index is 12.2. The van der Waals surface area contributed by atoms with Crippen molar-refractivity contribution in [2.75, 3.05) is 11.1 Å². The van der Waals surface area contributed by atoms with Crippen molar-refractivity contribution in [3.8, 4) is 5.75 Å². The second kappa shape index (κ2) is 9.82. The molecule has 1 heterocycles. The van der Waals surface area contributed by atoms with Gasteiger partial charge in [-0.25, -0.2) is 0 Å². The number of benzene rings is 2. The Morgan fingerprint density at radius 2 is 1.71 bits per heavy atom. The standard InChI is InChI=1S/C19H18Cl2N4O2S/c1-2-25-17(11-27-16-9-5-14(21)6-10-16)23-24-19(25)28-12-18(26)22-15-7-3-13(20)4-8-15/h3-10H,2,11-12H2,1H3,(H,22,26). The van der Waals surface area contributed by atoms with Crippen molar-refractivity contribution in [1.82, 2.24) is 14.8 Å². The van der Waals surface area contributed by atoms with Gasteiger partial charge < -0.3 is 14.6 Å². The van der Waals surface area contributed by atoms with E-state index in [1.807, 2.05) is 11.5 Å². The average Bonchev–Trinajstić information content (AvgIpc) is 3.09. The van der Waals surface area contributed by atoms with Crippen LogP contribution in [0.25, 0.3) is 0 Å². The zero-order chi connectivity index (χ0) is 19.9. The smallest absolute Gasteiger partial charge is 0.234 e. The van der Waals surface area contributed by atoms with Crippen LogP contribution in [0.5, 0.6) is 5.75 Å². The van der Waals surface area contributed by atoms with Crippen LogP contribution in [0.3, 0.4) is 0 Å². The van der Waals surface area contributed by atoms with Crippen LogP contribution < -0.4 is 10.1 Å². The zero-order valence-corrected chi connectivity index (χ0v) is 17.4. The summed E-state index contributed by atoms with van der Waals surface area (Å²) in [5.74, 6) is 1.49. The molecule has 0 saturated heterocycles. The summed E-state index contributed by atoms with van der Waals surface area (Å²) in [4.78, 5) is 12.2. The molecule has 0 radical (unpaired) electrons. The molecular formula is C19H18Cl2N4O2S. The number of hydrogen-bond donors (Lipinski definition) is 1. The molecule has 0 atom stereocenters. The third-order valence-electron chi connectivity index (χ3n) is 3.75. The van der Waals surface area contributed by atoms with Crippen LogP contribution in [0.2, 0.25) is 10.0 Å². The SMILES string of the molecule is CCn1c(COc2ccc(Cl)cc2)nnc1SCC(=O)Nc1ccc(Cl)cc1. The molecule has 28 heavy (non-hydrogen) atoms. The lowest BCUT2D eigenvalue weighted by molar-refractivity contribution is -0.113. The van der Waals surface area contributed by atoms with E-state index in [1.54, 1.807) is 48.5 Å². The molecule has 0 fully saturated rings. The number of carbonyl (C=O) groups is 1. The van der Waals surface area contributed by atoms with Crippen molar-refractivity contribution in [3.63, 3.8) is 0 Å². The molecule has 3 rings (SSSR count). The quantitative estimate of drug-likeness (QED) is 0.507. The molecule has 0 unspecified atom stereocenters. The molecule has 0 spiro atoms. The van der Waals surface area contributed by atoms with E-state index in [0.29, 0.717) is 39.0 Å². The molecule has 9 heteroatoms. The van der Waals surface area contributed by atoms with E-state index in [0.717, 1.165) is 0 Å². The van der Waals surface area contributed by atoms with E-state index in [4.69, 9.17) is 27.9 Å². The average molecular weight is 437 g/mol. The van der Waals surface area contributed by atoms with Crippen LogP contribution in [0.4, 0.5) is 5.69 Å². The Hall–Kier alpha value is -2.22. The number of carbonyl (C=O) groups excluding carboxylic acids is 1. The Balaban J connectivity index is 1.56. The third-order valence-corrected chi connectivity index (χ3v) is 5.22. The van der Waals surface area contributed by atoms with Gasteiger partial charge in [0.15, 0.2) is 11.0 Å². The molecule has 0 saturated carbocycles. The van der Waals surface area contributed by atoms with Gasteiger partial charge in [-0.05, 0) is 55.5 Å². The predicted octanol–water partition coefficient (Wildman–Crippen LogP) is 4.91. The Kier molecular flexibility index (Phi) is 7.19. The van der Waals surface area contributed by atoms with E-state index >= 15 is 0 Å². The van der Waals surface area contributed by atoms with E-state index in [9.17, 15) is 4.79 Å². The number of amides is 1. The second-order valence-corrected chi connectivity index (χ2v) is 7.54. The summed E-state index contributed by atoms with van der Waals surface area (Å²) in [5.41, 5.74) is 0.698. The van der Waals surface area contributed by atoms with Crippen molar-refractivity contribution in [1.29, 1.82) is 0 Å². The molecule has 1 amide bonds. The van der Waals surface area contributed by atoms with Crippen LogP contribution in [0, 0.1) is 0 Å². The highest BCUT2D eigenvalue weighted by Crippen LogP contribution is 2.20. The molecule has 6 nitrogen and oxygen atoms in total. The molecule has 146 valence electrons. The number of hydrogen-bond acceptors (Lipinski definition) is 5. The first-order valence-electron chi connectivity index (χ1n) is 8.54. The molecule has 1 N–H and O–H groups in total. The minimum absolute atomic E-state index is 0.128. The summed E-state index contributed by atoms with van der Waals surface area (Å²) < 4.78 is 7.66. The highest BCUT2D eigenvalue weighted by molar-refractivity contribution is 7.99. The fourth-order valence-electron chi connectivity index (χ4n) is 2.39. The van der Waals surface area contributed by atoms with E-state index in [1.165, 1.54) is 11.8 Å². The van der Waals surface area contributed by atoms with Gasteiger partial charge >= 0.3 is 0 Å². The first kappa shape index (κ1) is 20.5. The van der Waals surface area contributed by atoms with Crippen molar-refractivity contribution >= 4 is 46.6 Å². The van der Waals surface area contributed by atoms with Gasteiger partial charge in [-0.15, -0.1) is 10.2 Å². The fraction of sp³-hybridized carbons (Fsp3) is 0.211. The molecule has 0 aliphatic heterocycles. The Morgan fingerprint density at radius 3 is 2.36 bits per heavy atom.